The van der Waals surface area contributed by atoms with E-state index in [-0.39, 0.29) is 12.5 Å². The smallest absolute Gasteiger partial charge is 0.331 e. The second kappa shape index (κ2) is 5.34. The average molecular weight is 211 g/mol. The topological polar surface area (TPSA) is 55.4 Å². The standard InChI is InChI=1S/C11H17NO3/c1-6-7-15-10(14)11(4,5)12-9(13)8(2)3/h6H,1-2,7H2,3-5H3,(H,12,13). The third-order valence-electron chi connectivity index (χ3n) is 1.66. The summed E-state index contributed by atoms with van der Waals surface area (Å²) in [6.07, 6.45) is 1.47. The van der Waals surface area contributed by atoms with E-state index in [0.29, 0.717) is 5.57 Å². The summed E-state index contributed by atoms with van der Waals surface area (Å²) in [5.74, 6) is -0.868. The van der Waals surface area contributed by atoms with Gasteiger partial charge in [0.15, 0.2) is 0 Å². The minimum atomic E-state index is -1.06. The minimum absolute atomic E-state index is 0.130. The van der Waals surface area contributed by atoms with Gasteiger partial charge in [-0.25, -0.2) is 4.79 Å². The van der Waals surface area contributed by atoms with E-state index in [1.165, 1.54) is 6.08 Å². The first-order valence-corrected chi connectivity index (χ1v) is 4.57. The fraction of sp³-hybridized carbons (Fsp3) is 0.455. The zero-order chi connectivity index (χ0) is 12.1. The monoisotopic (exact) mass is 211 g/mol. The van der Waals surface area contributed by atoms with Crippen LogP contribution in [-0.4, -0.2) is 24.0 Å². The number of hydrogen-bond donors (Lipinski definition) is 1. The Morgan fingerprint density at radius 1 is 1.47 bits per heavy atom. The molecule has 0 bridgehead atoms. The van der Waals surface area contributed by atoms with Crippen LogP contribution in [0.3, 0.4) is 0 Å². The maximum absolute atomic E-state index is 11.5. The molecule has 4 heteroatoms. The maximum Gasteiger partial charge on any atom is 0.331 e. The van der Waals surface area contributed by atoms with Crippen LogP contribution in [0.15, 0.2) is 24.8 Å². The quantitative estimate of drug-likeness (QED) is 0.422. The zero-order valence-corrected chi connectivity index (χ0v) is 9.42. The van der Waals surface area contributed by atoms with Gasteiger partial charge in [-0.3, -0.25) is 4.79 Å². The largest absolute Gasteiger partial charge is 0.460 e. The Kier molecular flexibility index (Phi) is 4.78. The zero-order valence-electron chi connectivity index (χ0n) is 9.42. The fourth-order valence-corrected chi connectivity index (χ4v) is 0.757. The molecule has 0 aliphatic carbocycles. The molecule has 0 unspecified atom stereocenters. The molecule has 15 heavy (non-hydrogen) atoms. The first kappa shape index (κ1) is 13.4. The molecule has 0 aromatic carbocycles. The van der Waals surface area contributed by atoms with E-state index in [1.807, 2.05) is 0 Å². The van der Waals surface area contributed by atoms with E-state index in [2.05, 4.69) is 18.5 Å². The summed E-state index contributed by atoms with van der Waals surface area (Å²) in [6.45, 7) is 11.7. The van der Waals surface area contributed by atoms with Crippen LogP contribution >= 0.6 is 0 Å². The van der Waals surface area contributed by atoms with Crippen molar-refractivity contribution in [3.63, 3.8) is 0 Å². The van der Waals surface area contributed by atoms with Gasteiger partial charge in [0.2, 0.25) is 5.91 Å². The van der Waals surface area contributed by atoms with Gasteiger partial charge < -0.3 is 10.1 Å². The van der Waals surface area contributed by atoms with Gasteiger partial charge >= 0.3 is 5.97 Å². The molecule has 1 amide bonds. The summed E-state index contributed by atoms with van der Waals surface area (Å²) in [5, 5.41) is 2.52. The van der Waals surface area contributed by atoms with E-state index >= 15 is 0 Å². The van der Waals surface area contributed by atoms with E-state index in [1.54, 1.807) is 20.8 Å². The number of nitrogens with one attached hydrogen (secondary N) is 1. The number of hydrogen-bond acceptors (Lipinski definition) is 3. The molecule has 0 saturated carbocycles. The van der Waals surface area contributed by atoms with Crippen LogP contribution in [0.5, 0.6) is 0 Å². The SMILES string of the molecule is C=CCOC(=O)C(C)(C)NC(=O)C(=C)C. The molecule has 0 atom stereocenters. The van der Waals surface area contributed by atoms with Crippen LogP contribution in [0.25, 0.3) is 0 Å². The lowest BCUT2D eigenvalue weighted by Gasteiger charge is -2.23. The van der Waals surface area contributed by atoms with Gasteiger partial charge in [0.1, 0.15) is 12.1 Å². The number of ether oxygens (including phenoxy) is 1. The number of esters is 1. The molecule has 84 valence electrons. The molecule has 0 aliphatic rings. The van der Waals surface area contributed by atoms with Crippen molar-refractivity contribution in [3.05, 3.63) is 24.8 Å². The van der Waals surface area contributed by atoms with Crippen LogP contribution in [-0.2, 0) is 14.3 Å². The van der Waals surface area contributed by atoms with Crippen molar-refractivity contribution in [1.29, 1.82) is 0 Å². The Balaban J connectivity index is 4.40. The first-order chi connectivity index (χ1) is 6.81. The highest BCUT2D eigenvalue weighted by Gasteiger charge is 2.30. The van der Waals surface area contributed by atoms with Gasteiger partial charge in [0.25, 0.3) is 0 Å². The van der Waals surface area contributed by atoms with Crippen molar-refractivity contribution in [2.24, 2.45) is 0 Å². The van der Waals surface area contributed by atoms with Crippen molar-refractivity contribution in [1.82, 2.24) is 5.32 Å². The summed E-state index contributed by atoms with van der Waals surface area (Å²) in [4.78, 5) is 22.8. The first-order valence-electron chi connectivity index (χ1n) is 4.57. The second-order valence-corrected chi connectivity index (χ2v) is 3.75. The molecular formula is C11H17NO3. The van der Waals surface area contributed by atoms with Crippen LogP contribution < -0.4 is 5.32 Å². The molecule has 0 rings (SSSR count). The highest BCUT2D eigenvalue weighted by atomic mass is 16.5. The summed E-state index contributed by atoms with van der Waals surface area (Å²) in [6, 6.07) is 0. The summed E-state index contributed by atoms with van der Waals surface area (Å²) < 4.78 is 4.84. The van der Waals surface area contributed by atoms with Crippen LogP contribution in [0, 0.1) is 0 Å². The lowest BCUT2D eigenvalue weighted by Crippen LogP contribution is -2.50. The van der Waals surface area contributed by atoms with Gasteiger partial charge in [0.05, 0.1) is 0 Å². The van der Waals surface area contributed by atoms with Gasteiger partial charge in [0, 0.05) is 5.57 Å². The number of rotatable bonds is 5. The Labute approximate surface area is 90.0 Å². The number of carbonyl (C=O) groups excluding carboxylic acids is 2. The third-order valence-corrected chi connectivity index (χ3v) is 1.66. The highest BCUT2D eigenvalue weighted by molar-refractivity contribution is 5.96. The summed E-state index contributed by atoms with van der Waals surface area (Å²) >= 11 is 0. The van der Waals surface area contributed by atoms with Gasteiger partial charge in [-0.15, -0.1) is 0 Å². The Morgan fingerprint density at radius 2 is 2.00 bits per heavy atom. The maximum atomic E-state index is 11.5. The molecule has 0 aromatic heterocycles. The predicted molar refractivity (Wildman–Crippen MR) is 58.2 cm³/mol. The van der Waals surface area contributed by atoms with E-state index in [0.717, 1.165) is 0 Å². The molecule has 4 nitrogen and oxygen atoms in total. The minimum Gasteiger partial charge on any atom is -0.460 e. The van der Waals surface area contributed by atoms with E-state index in [4.69, 9.17) is 4.74 Å². The summed E-state index contributed by atoms with van der Waals surface area (Å²) in [5.41, 5.74) is -0.710. The van der Waals surface area contributed by atoms with Gasteiger partial charge in [-0.2, -0.15) is 0 Å². The van der Waals surface area contributed by atoms with Gasteiger partial charge in [-0.1, -0.05) is 19.2 Å². The van der Waals surface area contributed by atoms with Crippen LogP contribution in [0.1, 0.15) is 20.8 Å². The molecule has 1 N–H and O–H groups in total. The van der Waals surface area contributed by atoms with Crippen molar-refractivity contribution in [2.75, 3.05) is 6.61 Å². The molecule has 0 aliphatic heterocycles. The molecular weight excluding hydrogens is 194 g/mol. The number of carbonyl (C=O) groups is 2. The second-order valence-electron chi connectivity index (χ2n) is 3.75. The Morgan fingerprint density at radius 3 is 2.40 bits per heavy atom. The average Bonchev–Trinajstić information content (AvgIpc) is 2.13. The van der Waals surface area contributed by atoms with Crippen LogP contribution in [0.2, 0.25) is 0 Å². The predicted octanol–water partition coefficient (Wildman–Crippen LogP) is 1.19. The lowest BCUT2D eigenvalue weighted by molar-refractivity contribution is -0.150. The van der Waals surface area contributed by atoms with Crippen LogP contribution in [0.4, 0.5) is 0 Å². The Hall–Kier alpha value is -1.58. The van der Waals surface area contributed by atoms with Crippen molar-refractivity contribution in [3.8, 4) is 0 Å². The molecule has 0 heterocycles. The van der Waals surface area contributed by atoms with Crippen molar-refractivity contribution in [2.45, 2.75) is 26.3 Å². The lowest BCUT2D eigenvalue weighted by atomic mass is 10.1. The molecule has 0 fully saturated rings. The normalized spacial score (nSPS) is 10.3. The summed E-state index contributed by atoms with van der Waals surface area (Å²) in [7, 11) is 0. The Bertz CT molecular complexity index is 292. The number of amides is 1. The van der Waals surface area contributed by atoms with Crippen molar-refractivity contribution >= 4 is 11.9 Å². The van der Waals surface area contributed by atoms with Gasteiger partial charge in [-0.05, 0) is 20.8 Å². The molecule has 0 saturated heterocycles. The van der Waals surface area contributed by atoms with E-state index < -0.39 is 11.5 Å². The molecule has 0 radical (unpaired) electrons. The molecule has 0 spiro atoms. The fourth-order valence-electron chi connectivity index (χ4n) is 0.757. The van der Waals surface area contributed by atoms with Crippen molar-refractivity contribution < 1.29 is 14.3 Å². The highest BCUT2D eigenvalue weighted by Crippen LogP contribution is 2.06. The molecule has 0 aromatic rings. The third kappa shape index (κ3) is 4.44. The van der Waals surface area contributed by atoms with E-state index in [9.17, 15) is 9.59 Å².